The van der Waals surface area contributed by atoms with Crippen LogP contribution in [0.4, 0.5) is 5.69 Å². The third kappa shape index (κ3) is 4.63. The first-order valence-corrected chi connectivity index (χ1v) is 7.78. The maximum absolute atomic E-state index is 9.28. The molecule has 3 N–H and O–H groups in total. The van der Waals surface area contributed by atoms with E-state index in [2.05, 4.69) is 15.5 Å². The molecule has 2 aromatic rings. The lowest BCUT2D eigenvalue weighted by Gasteiger charge is -2.08. The number of anilines is 1. The van der Waals surface area contributed by atoms with Gasteiger partial charge >= 0.3 is 0 Å². The van der Waals surface area contributed by atoms with Gasteiger partial charge < -0.3 is 14.9 Å². The van der Waals surface area contributed by atoms with E-state index in [1.165, 1.54) is 0 Å². The highest BCUT2D eigenvalue weighted by atomic mass is 16.5. The lowest BCUT2D eigenvalue weighted by molar-refractivity contribution is 0.332. The summed E-state index contributed by atoms with van der Waals surface area (Å²) in [6.07, 6.45) is 4.47. The Kier molecular flexibility index (Phi) is 6.03. The minimum Gasteiger partial charge on any atom is -0.390 e. The van der Waals surface area contributed by atoms with E-state index in [0.717, 1.165) is 28.9 Å². The molecular formula is C18H22N4O2. The first-order valence-electron chi connectivity index (χ1n) is 7.78. The molecular weight excluding hydrogens is 304 g/mol. The van der Waals surface area contributed by atoms with Gasteiger partial charge in [-0.3, -0.25) is 5.41 Å². The monoisotopic (exact) mass is 326 g/mol. The molecule has 2 rings (SSSR count). The first kappa shape index (κ1) is 17.6. The van der Waals surface area contributed by atoms with E-state index in [9.17, 15) is 5.11 Å². The quantitative estimate of drug-likeness (QED) is 0.673. The molecule has 0 aliphatic rings. The summed E-state index contributed by atoms with van der Waals surface area (Å²) in [4.78, 5) is 4.25. The summed E-state index contributed by atoms with van der Waals surface area (Å²) in [7, 11) is 0. The van der Waals surface area contributed by atoms with E-state index >= 15 is 0 Å². The van der Waals surface area contributed by atoms with Crippen LogP contribution < -0.4 is 5.32 Å². The van der Waals surface area contributed by atoms with E-state index in [4.69, 9.17) is 9.93 Å². The normalized spacial score (nSPS) is 11.2. The number of aliphatic hydroxyl groups excluding tert-OH is 1. The molecule has 0 saturated carbocycles. The molecule has 6 nitrogen and oxygen atoms in total. The lowest BCUT2D eigenvalue weighted by Crippen LogP contribution is -2.03. The van der Waals surface area contributed by atoms with Gasteiger partial charge in [-0.05, 0) is 50.6 Å². The van der Waals surface area contributed by atoms with Crippen molar-refractivity contribution in [2.75, 3.05) is 11.9 Å². The molecule has 0 saturated heterocycles. The molecule has 1 aromatic heterocycles. The predicted molar refractivity (Wildman–Crippen MR) is 95.1 cm³/mol. The smallest absolute Gasteiger partial charge is 0.276 e. The molecule has 0 aliphatic heterocycles. The van der Waals surface area contributed by atoms with Crippen LogP contribution in [-0.4, -0.2) is 27.6 Å². The Morgan fingerprint density at radius 2 is 2.00 bits per heavy atom. The van der Waals surface area contributed by atoms with Gasteiger partial charge in [-0.2, -0.15) is 4.98 Å². The minimum absolute atomic E-state index is 0.0315. The van der Waals surface area contributed by atoms with Crippen LogP contribution in [0.25, 0.3) is 11.4 Å². The number of hydrogen-bond acceptors (Lipinski definition) is 6. The molecule has 0 bridgehead atoms. The molecule has 0 fully saturated rings. The van der Waals surface area contributed by atoms with E-state index in [1.54, 1.807) is 6.08 Å². The predicted octanol–water partition coefficient (Wildman–Crippen LogP) is 3.77. The van der Waals surface area contributed by atoms with Gasteiger partial charge in [0.15, 0.2) is 0 Å². The molecule has 0 atom stereocenters. The number of nitrogens with zero attached hydrogens (tertiary/aromatic N) is 2. The second kappa shape index (κ2) is 8.21. The van der Waals surface area contributed by atoms with Gasteiger partial charge in [-0.1, -0.05) is 23.7 Å². The molecule has 1 aromatic carbocycles. The van der Waals surface area contributed by atoms with Crippen LogP contribution in [0.15, 0.2) is 52.2 Å². The Hall–Kier alpha value is -2.73. The summed E-state index contributed by atoms with van der Waals surface area (Å²) in [5.74, 6) is 0.636. The largest absolute Gasteiger partial charge is 0.390 e. The van der Waals surface area contributed by atoms with Gasteiger partial charge in [0.2, 0.25) is 5.82 Å². The van der Waals surface area contributed by atoms with Crippen LogP contribution in [0.5, 0.6) is 0 Å². The fourth-order valence-corrected chi connectivity index (χ4v) is 2.09. The second-order valence-electron chi connectivity index (χ2n) is 5.56. The van der Waals surface area contributed by atoms with Crippen LogP contribution >= 0.6 is 0 Å². The van der Waals surface area contributed by atoms with Crippen molar-refractivity contribution in [3.63, 3.8) is 0 Å². The van der Waals surface area contributed by atoms with Crippen LogP contribution in [0, 0.1) is 5.41 Å². The average molecular weight is 326 g/mol. The summed E-state index contributed by atoms with van der Waals surface area (Å²) in [6, 6.07) is 7.49. The molecule has 0 aliphatic carbocycles. The van der Waals surface area contributed by atoms with Gasteiger partial charge in [0.25, 0.3) is 5.89 Å². The van der Waals surface area contributed by atoms with Gasteiger partial charge in [0, 0.05) is 16.9 Å². The van der Waals surface area contributed by atoms with E-state index < -0.39 is 0 Å². The van der Waals surface area contributed by atoms with Crippen molar-refractivity contribution in [3.05, 3.63) is 53.6 Å². The van der Waals surface area contributed by atoms with Crippen LogP contribution in [0.2, 0.25) is 0 Å². The van der Waals surface area contributed by atoms with Gasteiger partial charge in [-0.25, -0.2) is 0 Å². The SMILES string of the molecule is CC/C=C(/CO)Nc1ccc(-c2noc(C(=N)C=C(C)C)n2)cc1. The summed E-state index contributed by atoms with van der Waals surface area (Å²) in [5.41, 5.74) is 3.63. The van der Waals surface area contributed by atoms with Gasteiger partial charge in [0.1, 0.15) is 5.71 Å². The Morgan fingerprint density at radius 1 is 1.29 bits per heavy atom. The Balaban J connectivity index is 2.14. The number of aromatic nitrogens is 2. The highest BCUT2D eigenvalue weighted by Gasteiger charge is 2.11. The Morgan fingerprint density at radius 3 is 2.58 bits per heavy atom. The third-order valence-electron chi connectivity index (χ3n) is 3.16. The zero-order valence-electron chi connectivity index (χ0n) is 14.1. The zero-order valence-corrected chi connectivity index (χ0v) is 14.1. The molecule has 6 heteroatoms. The number of hydrogen-bond donors (Lipinski definition) is 3. The van der Waals surface area contributed by atoms with Crippen LogP contribution in [-0.2, 0) is 0 Å². The number of benzene rings is 1. The summed E-state index contributed by atoms with van der Waals surface area (Å²) >= 11 is 0. The van der Waals surface area contributed by atoms with Crippen molar-refractivity contribution in [1.29, 1.82) is 5.41 Å². The van der Waals surface area contributed by atoms with E-state index in [1.807, 2.05) is 51.1 Å². The number of aliphatic hydroxyl groups is 1. The van der Waals surface area contributed by atoms with Crippen molar-refractivity contribution in [1.82, 2.24) is 10.1 Å². The van der Waals surface area contributed by atoms with Crippen molar-refractivity contribution < 1.29 is 9.63 Å². The zero-order chi connectivity index (χ0) is 17.5. The second-order valence-corrected chi connectivity index (χ2v) is 5.56. The molecule has 126 valence electrons. The highest BCUT2D eigenvalue weighted by Crippen LogP contribution is 2.20. The standard InChI is InChI=1S/C18H22N4O2/c1-4-5-15(11-23)20-14-8-6-13(7-9-14)17-21-18(24-22-17)16(19)10-12(2)3/h5-10,19-20,23H,4,11H2,1-3H3/b15-5-,19-16?. The molecule has 24 heavy (non-hydrogen) atoms. The van der Waals surface area contributed by atoms with Gasteiger partial charge in [0.05, 0.1) is 6.61 Å². The summed E-state index contributed by atoms with van der Waals surface area (Å²) in [6.45, 7) is 5.80. The van der Waals surface area contributed by atoms with Gasteiger partial charge in [-0.15, -0.1) is 0 Å². The first-order chi connectivity index (χ1) is 11.5. The number of nitrogens with one attached hydrogen (secondary N) is 2. The Bertz CT molecular complexity index is 754. The maximum atomic E-state index is 9.28. The lowest BCUT2D eigenvalue weighted by atomic mass is 10.2. The summed E-state index contributed by atoms with van der Waals surface area (Å²) < 4.78 is 5.14. The summed E-state index contributed by atoms with van der Waals surface area (Å²) in [5, 5.41) is 24.3. The van der Waals surface area contributed by atoms with E-state index in [0.29, 0.717) is 5.82 Å². The maximum Gasteiger partial charge on any atom is 0.276 e. The average Bonchev–Trinajstić information content (AvgIpc) is 3.04. The highest BCUT2D eigenvalue weighted by molar-refractivity contribution is 6.03. The van der Waals surface area contributed by atoms with Crippen LogP contribution in [0.3, 0.4) is 0 Å². The minimum atomic E-state index is -0.0315. The van der Waals surface area contributed by atoms with Crippen LogP contribution in [0.1, 0.15) is 33.1 Å². The number of allylic oxidation sites excluding steroid dienone is 3. The third-order valence-corrected chi connectivity index (χ3v) is 3.16. The molecule has 1 heterocycles. The topological polar surface area (TPSA) is 95.0 Å². The number of rotatable bonds is 7. The van der Waals surface area contributed by atoms with Crippen molar-refractivity contribution >= 4 is 11.4 Å². The molecule has 0 spiro atoms. The fourth-order valence-electron chi connectivity index (χ4n) is 2.09. The van der Waals surface area contributed by atoms with Crippen molar-refractivity contribution in [2.45, 2.75) is 27.2 Å². The van der Waals surface area contributed by atoms with Crippen molar-refractivity contribution in [2.24, 2.45) is 0 Å². The fraction of sp³-hybridized carbons (Fsp3) is 0.278. The molecule has 0 unspecified atom stereocenters. The molecule has 0 radical (unpaired) electrons. The van der Waals surface area contributed by atoms with Crippen molar-refractivity contribution in [3.8, 4) is 11.4 Å². The molecule has 0 amide bonds. The van der Waals surface area contributed by atoms with E-state index in [-0.39, 0.29) is 18.2 Å². The Labute approximate surface area is 141 Å².